The molecule has 0 aliphatic carbocycles. The molecular weight excluding hydrogens is 228 g/mol. The van der Waals surface area contributed by atoms with Crippen LogP contribution in [0.4, 0.5) is 0 Å². The molecule has 0 aliphatic rings. The summed E-state index contributed by atoms with van der Waals surface area (Å²) >= 11 is 3.56. The van der Waals surface area contributed by atoms with Gasteiger partial charge < -0.3 is 4.74 Å². The Hall–Kier alpha value is 0.440. The maximum Gasteiger partial charge on any atom is 0.0518 e. The van der Waals surface area contributed by atoms with Gasteiger partial charge in [0.2, 0.25) is 0 Å². The van der Waals surface area contributed by atoms with E-state index < -0.39 is 0 Å². The lowest BCUT2D eigenvalue weighted by Crippen LogP contribution is -2.23. The van der Waals surface area contributed by atoms with Crippen LogP contribution in [0.1, 0.15) is 41.0 Å². The highest BCUT2D eigenvalue weighted by molar-refractivity contribution is 9.09. The molecule has 0 aromatic heterocycles. The van der Waals surface area contributed by atoms with E-state index in [4.69, 9.17) is 4.74 Å². The molecule has 1 atom stereocenters. The van der Waals surface area contributed by atoms with Gasteiger partial charge in [0.25, 0.3) is 0 Å². The molecule has 0 aromatic rings. The summed E-state index contributed by atoms with van der Waals surface area (Å²) in [6, 6.07) is 0. The van der Waals surface area contributed by atoms with Crippen LogP contribution in [0.5, 0.6) is 0 Å². The van der Waals surface area contributed by atoms with Gasteiger partial charge in [-0.3, -0.25) is 0 Å². The highest BCUT2D eigenvalue weighted by Gasteiger charge is 2.22. The van der Waals surface area contributed by atoms with E-state index >= 15 is 0 Å². The average molecular weight is 251 g/mol. The Morgan fingerprint density at radius 3 is 2.08 bits per heavy atom. The van der Waals surface area contributed by atoms with Crippen molar-refractivity contribution in [2.75, 3.05) is 11.9 Å². The molecule has 0 rings (SSSR count). The fourth-order valence-corrected chi connectivity index (χ4v) is 2.48. The third-order valence-electron chi connectivity index (χ3n) is 2.33. The Bertz CT molecular complexity index is 127. The molecule has 1 nitrogen and oxygen atoms in total. The minimum absolute atomic E-state index is 0.357. The van der Waals surface area contributed by atoms with Crippen LogP contribution in [0, 0.1) is 11.3 Å². The van der Waals surface area contributed by atoms with Gasteiger partial charge in [0.05, 0.1) is 6.10 Å². The predicted octanol–water partition coefficient (Wildman–Crippen LogP) is 3.86. The van der Waals surface area contributed by atoms with E-state index in [0.29, 0.717) is 17.4 Å². The molecule has 1 unspecified atom stereocenters. The number of hydrogen-bond acceptors (Lipinski definition) is 1. The van der Waals surface area contributed by atoms with Crippen molar-refractivity contribution in [2.24, 2.45) is 11.3 Å². The van der Waals surface area contributed by atoms with Crippen LogP contribution < -0.4 is 0 Å². The van der Waals surface area contributed by atoms with E-state index in [1.54, 1.807) is 0 Å². The van der Waals surface area contributed by atoms with Crippen molar-refractivity contribution in [3.8, 4) is 0 Å². The second-order valence-electron chi connectivity index (χ2n) is 4.93. The molecule has 0 amide bonds. The number of ether oxygens (including phenoxy) is 1. The van der Waals surface area contributed by atoms with Crippen molar-refractivity contribution in [1.29, 1.82) is 0 Å². The zero-order chi connectivity index (χ0) is 10.5. The van der Waals surface area contributed by atoms with Gasteiger partial charge in [-0.1, -0.05) is 36.7 Å². The highest BCUT2D eigenvalue weighted by atomic mass is 79.9. The Labute approximate surface area is 91.4 Å². The van der Waals surface area contributed by atoms with Crippen molar-refractivity contribution in [1.82, 2.24) is 0 Å². The lowest BCUT2D eigenvalue weighted by molar-refractivity contribution is 0.0589. The maximum absolute atomic E-state index is 5.55. The lowest BCUT2D eigenvalue weighted by Gasteiger charge is -2.29. The van der Waals surface area contributed by atoms with Crippen LogP contribution in [0.3, 0.4) is 0 Å². The first-order valence-electron chi connectivity index (χ1n) is 5.05. The molecule has 0 radical (unpaired) electrons. The van der Waals surface area contributed by atoms with Gasteiger partial charge in [0, 0.05) is 11.9 Å². The zero-order valence-corrected chi connectivity index (χ0v) is 11.1. The van der Waals surface area contributed by atoms with Gasteiger partial charge in [0.1, 0.15) is 0 Å². The Balaban J connectivity index is 3.73. The average Bonchev–Trinajstić information content (AvgIpc) is 1.95. The van der Waals surface area contributed by atoms with E-state index in [2.05, 4.69) is 50.5 Å². The van der Waals surface area contributed by atoms with E-state index in [-0.39, 0.29) is 0 Å². The lowest BCUT2D eigenvalue weighted by atomic mass is 9.80. The summed E-state index contributed by atoms with van der Waals surface area (Å²) in [6.45, 7) is 11.9. The van der Waals surface area contributed by atoms with E-state index in [0.717, 1.165) is 18.4 Å². The second-order valence-corrected chi connectivity index (χ2v) is 5.57. The molecule has 0 N–H and O–H groups in total. The SMILES string of the molecule is CC(C)OCCC(CBr)C(C)(C)C. The van der Waals surface area contributed by atoms with E-state index in [9.17, 15) is 0 Å². The summed E-state index contributed by atoms with van der Waals surface area (Å²) in [5.41, 5.74) is 0.379. The van der Waals surface area contributed by atoms with Gasteiger partial charge in [-0.05, 0) is 31.6 Å². The van der Waals surface area contributed by atoms with Gasteiger partial charge in [0.15, 0.2) is 0 Å². The van der Waals surface area contributed by atoms with Crippen molar-refractivity contribution >= 4 is 15.9 Å². The fourth-order valence-electron chi connectivity index (χ4n) is 1.19. The van der Waals surface area contributed by atoms with Crippen molar-refractivity contribution < 1.29 is 4.74 Å². The molecule has 13 heavy (non-hydrogen) atoms. The molecule has 0 aromatic carbocycles. The number of halogens is 1. The summed E-state index contributed by atoms with van der Waals surface area (Å²) < 4.78 is 5.55. The van der Waals surface area contributed by atoms with Crippen molar-refractivity contribution in [3.63, 3.8) is 0 Å². The molecule has 0 aliphatic heterocycles. The van der Waals surface area contributed by atoms with Gasteiger partial charge >= 0.3 is 0 Å². The normalized spacial score (nSPS) is 15.0. The topological polar surface area (TPSA) is 9.23 Å². The van der Waals surface area contributed by atoms with Crippen molar-refractivity contribution in [3.05, 3.63) is 0 Å². The van der Waals surface area contributed by atoms with Crippen LogP contribution in [0.2, 0.25) is 0 Å². The smallest absolute Gasteiger partial charge is 0.0518 e. The predicted molar refractivity (Wildman–Crippen MR) is 62.4 cm³/mol. The van der Waals surface area contributed by atoms with E-state index in [1.165, 1.54) is 0 Å². The number of hydrogen-bond donors (Lipinski definition) is 0. The summed E-state index contributed by atoms with van der Waals surface area (Å²) in [5.74, 6) is 0.700. The first kappa shape index (κ1) is 13.4. The second kappa shape index (κ2) is 6.02. The molecule has 0 spiro atoms. The molecule has 2 heteroatoms. The summed E-state index contributed by atoms with van der Waals surface area (Å²) in [6.07, 6.45) is 1.50. The monoisotopic (exact) mass is 250 g/mol. The quantitative estimate of drug-likeness (QED) is 0.674. The van der Waals surface area contributed by atoms with Crippen LogP contribution in [-0.4, -0.2) is 18.0 Å². The van der Waals surface area contributed by atoms with Gasteiger partial charge in [-0.2, -0.15) is 0 Å². The first-order chi connectivity index (χ1) is 5.88. The standard InChI is InChI=1S/C11H23BrO/c1-9(2)13-7-6-10(8-12)11(3,4)5/h9-10H,6-8H2,1-5H3. The third kappa shape index (κ3) is 6.50. The number of rotatable bonds is 5. The van der Waals surface area contributed by atoms with Crippen molar-refractivity contribution in [2.45, 2.75) is 47.1 Å². The molecule has 0 saturated heterocycles. The summed E-state index contributed by atoms with van der Waals surface area (Å²) in [4.78, 5) is 0. The Morgan fingerprint density at radius 2 is 1.77 bits per heavy atom. The number of alkyl halides is 1. The molecular formula is C11H23BrO. The molecule has 0 saturated carbocycles. The Kier molecular flexibility index (Phi) is 6.23. The molecule has 80 valence electrons. The van der Waals surface area contributed by atoms with Crippen LogP contribution >= 0.6 is 15.9 Å². The van der Waals surface area contributed by atoms with Crippen LogP contribution in [0.25, 0.3) is 0 Å². The van der Waals surface area contributed by atoms with Crippen LogP contribution in [0.15, 0.2) is 0 Å². The molecule has 0 fully saturated rings. The maximum atomic E-state index is 5.55. The first-order valence-corrected chi connectivity index (χ1v) is 6.17. The van der Waals surface area contributed by atoms with Gasteiger partial charge in [-0.15, -0.1) is 0 Å². The minimum Gasteiger partial charge on any atom is -0.379 e. The zero-order valence-electron chi connectivity index (χ0n) is 9.56. The fraction of sp³-hybridized carbons (Fsp3) is 1.00. The summed E-state index contributed by atoms with van der Waals surface area (Å²) in [5, 5.41) is 1.07. The minimum atomic E-state index is 0.357. The van der Waals surface area contributed by atoms with Crippen LogP contribution in [-0.2, 0) is 4.74 Å². The highest BCUT2D eigenvalue weighted by Crippen LogP contribution is 2.30. The van der Waals surface area contributed by atoms with Gasteiger partial charge in [-0.25, -0.2) is 0 Å². The van der Waals surface area contributed by atoms with E-state index in [1.807, 2.05) is 0 Å². The third-order valence-corrected chi connectivity index (χ3v) is 3.11. The Morgan fingerprint density at radius 1 is 1.23 bits per heavy atom. The molecule has 0 heterocycles. The molecule has 0 bridgehead atoms. The largest absolute Gasteiger partial charge is 0.379 e. The summed E-state index contributed by atoms with van der Waals surface area (Å²) in [7, 11) is 0.